The average molecular weight is 266 g/mol. The average Bonchev–Trinajstić information content (AvgIpc) is 2.28. The van der Waals surface area contributed by atoms with Gasteiger partial charge in [0.25, 0.3) is 0 Å². The van der Waals surface area contributed by atoms with Crippen LogP contribution in [0.2, 0.25) is 5.28 Å². The number of hydrogen-bond donors (Lipinski definition) is 1. The topological polar surface area (TPSA) is 37.8 Å². The van der Waals surface area contributed by atoms with Gasteiger partial charge in [-0.05, 0) is 43.1 Å². The van der Waals surface area contributed by atoms with Crippen molar-refractivity contribution in [3.8, 4) is 0 Å². The van der Waals surface area contributed by atoms with Crippen LogP contribution in [0.25, 0.3) is 0 Å². The molecular weight excluding hydrogens is 253 g/mol. The van der Waals surface area contributed by atoms with Gasteiger partial charge in [0.15, 0.2) is 0 Å². The van der Waals surface area contributed by atoms with Gasteiger partial charge in [-0.25, -0.2) is 14.4 Å². The molecule has 0 bridgehead atoms. The summed E-state index contributed by atoms with van der Waals surface area (Å²) in [5, 5.41) is 3.41. The fourth-order valence-corrected chi connectivity index (χ4v) is 1.89. The van der Waals surface area contributed by atoms with E-state index < -0.39 is 0 Å². The van der Waals surface area contributed by atoms with Crippen LogP contribution in [0.15, 0.2) is 30.3 Å². The lowest BCUT2D eigenvalue weighted by Crippen LogP contribution is -2.08. The van der Waals surface area contributed by atoms with Crippen LogP contribution < -0.4 is 5.32 Å². The van der Waals surface area contributed by atoms with Crippen molar-refractivity contribution in [2.45, 2.75) is 19.9 Å². The number of nitrogens with zero attached hydrogens (tertiary/aromatic N) is 2. The number of aryl methyl sites for hydroxylation is 1. The highest BCUT2D eigenvalue weighted by Gasteiger charge is 2.07. The van der Waals surface area contributed by atoms with Crippen molar-refractivity contribution in [3.63, 3.8) is 0 Å². The molecule has 0 aliphatic heterocycles. The van der Waals surface area contributed by atoms with E-state index in [0.717, 1.165) is 11.3 Å². The number of hydrogen-bond acceptors (Lipinski definition) is 3. The molecular formula is C13H13ClFN3. The first kappa shape index (κ1) is 12.8. The zero-order chi connectivity index (χ0) is 13.1. The Kier molecular flexibility index (Phi) is 3.77. The van der Waals surface area contributed by atoms with Gasteiger partial charge in [0, 0.05) is 17.8 Å². The second kappa shape index (κ2) is 5.31. The Hall–Kier alpha value is -1.68. The van der Waals surface area contributed by atoms with Crippen LogP contribution in [-0.2, 0) is 0 Å². The lowest BCUT2D eigenvalue weighted by atomic mass is 10.1. The zero-order valence-corrected chi connectivity index (χ0v) is 10.9. The normalized spacial score (nSPS) is 12.2. The van der Waals surface area contributed by atoms with Gasteiger partial charge in [-0.3, -0.25) is 0 Å². The SMILES string of the molecule is Cc1cc(NC(C)c2ccc(F)cc2)nc(Cl)n1. The van der Waals surface area contributed by atoms with Crippen molar-refractivity contribution in [2.75, 3.05) is 5.32 Å². The summed E-state index contributed by atoms with van der Waals surface area (Å²) in [6.07, 6.45) is 0. The molecule has 0 spiro atoms. The minimum absolute atomic E-state index is 0.0102. The van der Waals surface area contributed by atoms with Crippen LogP contribution in [0, 0.1) is 12.7 Å². The van der Waals surface area contributed by atoms with E-state index in [-0.39, 0.29) is 17.1 Å². The number of rotatable bonds is 3. The Morgan fingerprint density at radius 1 is 1.22 bits per heavy atom. The van der Waals surface area contributed by atoms with E-state index in [2.05, 4.69) is 15.3 Å². The standard InChI is InChI=1S/C13H13ClFN3/c1-8-7-12(18-13(14)16-8)17-9(2)10-3-5-11(15)6-4-10/h3-7,9H,1-2H3,(H,16,17,18). The molecule has 1 unspecified atom stereocenters. The molecule has 1 aromatic carbocycles. The van der Waals surface area contributed by atoms with Crippen LogP contribution in [0.4, 0.5) is 10.2 Å². The van der Waals surface area contributed by atoms with Crippen molar-refractivity contribution in [2.24, 2.45) is 0 Å². The number of nitrogens with one attached hydrogen (secondary N) is 1. The smallest absolute Gasteiger partial charge is 0.224 e. The molecule has 1 N–H and O–H groups in total. The maximum absolute atomic E-state index is 12.8. The first-order chi connectivity index (χ1) is 8.54. The van der Waals surface area contributed by atoms with E-state index in [9.17, 15) is 4.39 Å². The zero-order valence-electron chi connectivity index (χ0n) is 10.1. The quantitative estimate of drug-likeness (QED) is 0.859. The second-order valence-corrected chi connectivity index (χ2v) is 4.42. The highest BCUT2D eigenvalue weighted by atomic mass is 35.5. The van der Waals surface area contributed by atoms with Gasteiger partial charge in [0.05, 0.1) is 0 Å². The highest BCUT2D eigenvalue weighted by Crippen LogP contribution is 2.19. The molecule has 1 heterocycles. The molecule has 0 radical (unpaired) electrons. The summed E-state index contributed by atoms with van der Waals surface area (Å²) in [4.78, 5) is 8.08. The molecule has 94 valence electrons. The predicted octanol–water partition coefficient (Wildman–Crippen LogP) is 3.75. The second-order valence-electron chi connectivity index (χ2n) is 4.08. The molecule has 3 nitrogen and oxygen atoms in total. The Morgan fingerprint density at radius 3 is 2.50 bits per heavy atom. The molecule has 1 aromatic heterocycles. The third kappa shape index (κ3) is 3.17. The Balaban J connectivity index is 2.15. The fraction of sp³-hybridized carbons (Fsp3) is 0.231. The molecule has 0 saturated carbocycles. The Morgan fingerprint density at radius 2 is 1.89 bits per heavy atom. The molecule has 0 aliphatic carbocycles. The number of benzene rings is 1. The largest absolute Gasteiger partial charge is 0.363 e. The van der Waals surface area contributed by atoms with Crippen molar-refractivity contribution in [3.05, 3.63) is 52.7 Å². The van der Waals surface area contributed by atoms with E-state index in [1.54, 1.807) is 12.1 Å². The molecule has 0 aliphatic rings. The summed E-state index contributed by atoms with van der Waals surface area (Å²) in [5.41, 5.74) is 1.77. The fourth-order valence-electron chi connectivity index (χ4n) is 1.66. The Labute approximate surface area is 110 Å². The van der Waals surface area contributed by atoms with Gasteiger partial charge < -0.3 is 5.32 Å². The van der Waals surface area contributed by atoms with E-state index in [0.29, 0.717) is 5.82 Å². The predicted molar refractivity (Wildman–Crippen MR) is 70.2 cm³/mol. The Bertz CT molecular complexity index is 522. The van der Waals surface area contributed by atoms with Crippen LogP contribution in [0.1, 0.15) is 24.2 Å². The van der Waals surface area contributed by atoms with E-state index >= 15 is 0 Å². The molecule has 0 amide bonds. The van der Waals surface area contributed by atoms with Gasteiger partial charge in [0.1, 0.15) is 11.6 Å². The molecule has 0 saturated heterocycles. The molecule has 2 aromatic rings. The molecule has 1 atom stereocenters. The van der Waals surface area contributed by atoms with E-state index in [1.807, 2.05) is 19.9 Å². The third-order valence-electron chi connectivity index (χ3n) is 2.56. The maximum atomic E-state index is 12.8. The molecule has 0 fully saturated rings. The van der Waals surface area contributed by atoms with Crippen LogP contribution >= 0.6 is 11.6 Å². The lowest BCUT2D eigenvalue weighted by Gasteiger charge is -2.15. The van der Waals surface area contributed by atoms with Gasteiger partial charge in [0.2, 0.25) is 5.28 Å². The number of halogens is 2. The van der Waals surface area contributed by atoms with Crippen molar-refractivity contribution in [1.29, 1.82) is 0 Å². The summed E-state index contributed by atoms with van der Waals surface area (Å²) >= 11 is 5.79. The first-order valence-electron chi connectivity index (χ1n) is 5.58. The van der Waals surface area contributed by atoms with Crippen molar-refractivity contribution >= 4 is 17.4 Å². The summed E-state index contributed by atoms with van der Waals surface area (Å²) in [7, 11) is 0. The summed E-state index contributed by atoms with van der Waals surface area (Å²) in [6.45, 7) is 3.82. The maximum Gasteiger partial charge on any atom is 0.224 e. The molecule has 5 heteroatoms. The van der Waals surface area contributed by atoms with Crippen LogP contribution in [-0.4, -0.2) is 9.97 Å². The lowest BCUT2D eigenvalue weighted by molar-refractivity contribution is 0.626. The summed E-state index contributed by atoms with van der Waals surface area (Å²) in [5.74, 6) is 0.413. The van der Waals surface area contributed by atoms with E-state index in [1.165, 1.54) is 12.1 Å². The molecule has 2 rings (SSSR count). The third-order valence-corrected chi connectivity index (χ3v) is 2.73. The van der Waals surface area contributed by atoms with Gasteiger partial charge in [-0.2, -0.15) is 0 Å². The minimum atomic E-state index is -0.244. The van der Waals surface area contributed by atoms with Crippen molar-refractivity contribution < 1.29 is 4.39 Å². The van der Waals surface area contributed by atoms with Crippen LogP contribution in [0.3, 0.4) is 0 Å². The first-order valence-corrected chi connectivity index (χ1v) is 5.95. The minimum Gasteiger partial charge on any atom is -0.363 e. The van der Waals surface area contributed by atoms with Gasteiger partial charge in [-0.1, -0.05) is 12.1 Å². The highest BCUT2D eigenvalue weighted by molar-refractivity contribution is 6.28. The summed E-state index contributed by atoms with van der Waals surface area (Å²) in [6, 6.07) is 8.17. The molecule has 18 heavy (non-hydrogen) atoms. The van der Waals surface area contributed by atoms with E-state index in [4.69, 9.17) is 11.6 Å². The van der Waals surface area contributed by atoms with Gasteiger partial charge >= 0.3 is 0 Å². The number of aromatic nitrogens is 2. The summed E-state index contributed by atoms with van der Waals surface area (Å²) < 4.78 is 12.8. The van der Waals surface area contributed by atoms with Crippen LogP contribution in [0.5, 0.6) is 0 Å². The number of anilines is 1. The monoisotopic (exact) mass is 265 g/mol. The van der Waals surface area contributed by atoms with Gasteiger partial charge in [-0.15, -0.1) is 0 Å². The van der Waals surface area contributed by atoms with Crippen molar-refractivity contribution in [1.82, 2.24) is 9.97 Å².